The number of nitrogens with zero attached hydrogens (tertiary/aromatic N) is 1. The summed E-state index contributed by atoms with van der Waals surface area (Å²) in [6.07, 6.45) is 10.1. The number of benzene rings is 1. The molecule has 4 bridgehead atoms. The fourth-order valence-corrected chi connectivity index (χ4v) is 5.69. The third kappa shape index (κ3) is 3.14. The smallest absolute Gasteiger partial charge is 0.187 e. The predicted octanol–water partition coefficient (Wildman–Crippen LogP) is 3.76. The molecule has 0 atom stereocenters. The van der Waals surface area contributed by atoms with Crippen molar-refractivity contribution in [3.05, 3.63) is 35.4 Å². The molecule has 2 N–H and O–H groups in total. The summed E-state index contributed by atoms with van der Waals surface area (Å²) in [5, 5.41) is 8.63. The lowest BCUT2D eigenvalue weighted by Crippen LogP contribution is -2.61. The molecule has 0 spiro atoms. The van der Waals surface area contributed by atoms with E-state index >= 15 is 0 Å². The van der Waals surface area contributed by atoms with Crippen LogP contribution in [0.2, 0.25) is 0 Å². The Morgan fingerprint density at radius 1 is 1.13 bits per heavy atom. The van der Waals surface area contributed by atoms with Crippen LogP contribution < -0.4 is 10.7 Å². The van der Waals surface area contributed by atoms with Gasteiger partial charge in [0.15, 0.2) is 5.11 Å². The first-order chi connectivity index (χ1) is 11.1. The first kappa shape index (κ1) is 15.1. The Morgan fingerprint density at radius 3 is 2.35 bits per heavy atom. The summed E-state index contributed by atoms with van der Waals surface area (Å²) in [6.45, 7) is 2.09. The van der Waals surface area contributed by atoms with Gasteiger partial charge in [-0.3, -0.25) is 5.43 Å². The highest BCUT2D eigenvalue weighted by atomic mass is 32.1. The molecule has 0 radical (unpaired) electrons. The highest BCUT2D eigenvalue weighted by Gasteiger charge is 2.51. The van der Waals surface area contributed by atoms with Gasteiger partial charge in [0.25, 0.3) is 0 Å². The van der Waals surface area contributed by atoms with Gasteiger partial charge in [0.05, 0.1) is 6.21 Å². The van der Waals surface area contributed by atoms with Gasteiger partial charge < -0.3 is 5.32 Å². The molecule has 0 heterocycles. The van der Waals surface area contributed by atoms with Crippen LogP contribution in [0, 0.1) is 24.7 Å². The third-order valence-electron chi connectivity index (χ3n) is 5.98. The normalized spacial score (nSPS) is 34.7. The zero-order valence-electron chi connectivity index (χ0n) is 13.7. The number of hydrogen-bond acceptors (Lipinski definition) is 2. The molecule has 1 aromatic rings. The molecule has 122 valence electrons. The van der Waals surface area contributed by atoms with Crippen molar-refractivity contribution >= 4 is 23.5 Å². The lowest BCUT2D eigenvalue weighted by molar-refractivity contribution is -0.0101. The molecule has 4 saturated carbocycles. The third-order valence-corrected chi connectivity index (χ3v) is 6.17. The Balaban J connectivity index is 1.36. The van der Waals surface area contributed by atoms with Crippen LogP contribution in [0.5, 0.6) is 0 Å². The maximum atomic E-state index is 5.50. The van der Waals surface area contributed by atoms with Crippen molar-refractivity contribution in [2.45, 2.75) is 51.0 Å². The summed E-state index contributed by atoms with van der Waals surface area (Å²) >= 11 is 5.50. The molecule has 0 amide bonds. The van der Waals surface area contributed by atoms with Crippen molar-refractivity contribution in [1.29, 1.82) is 0 Å². The largest absolute Gasteiger partial charge is 0.356 e. The molecule has 23 heavy (non-hydrogen) atoms. The van der Waals surface area contributed by atoms with E-state index in [1.807, 2.05) is 18.3 Å². The van der Waals surface area contributed by atoms with Gasteiger partial charge in [0, 0.05) is 5.54 Å². The molecule has 5 rings (SSSR count). The number of aryl methyl sites for hydroxylation is 1. The minimum atomic E-state index is 0.247. The average Bonchev–Trinajstić information content (AvgIpc) is 2.47. The van der Waals surface area contributed by atoms with Crippen molar-refractivity contribution in [2.75, 3.05) is 0 Å². The Bertz CT molecular complexity index is 602. The molecule has 4 aliphatic rings. The summed E-state index contributed by atoms with van der Waals surface area (Å²) < 4.78 is 0. The van der Waals surface area contributed by atoms with Gasteiger partial charge in [-0.15, -0.1) is 0 Å². The Labute approximate surface area is 143 Å². The van der Waals surface area contributed by atoms with E-state index in [-0.39, 0.29) is 5.54 Å². The van der Waals surface area contributed by atoms with Crippen LogP contribution >= 0.6 is 12.2 Å². The van der Waals surface area contributed by atoms with Crippen LogP contribution in [-0.4, -0.2) is 16.9 Å². The van der Waals surface area contributed by atoms with Gasteiger partial charge in [-0.05, 0) is 86.5 Å². The monoisotopic (exact) mass is 327 g/mol. The summed E-state index contributed by atoms with van der Waals surface area (Å²) in [7, 11) is 0. The quantitative estimate of drug-likeness (QED) is 0.504. The zero-order chi connectivity index (χ0) is 15.9. The number of thiocarbonyl (C=S) groups is 1. The van der Waals surface area contributed by atoms with Crippen LogP contribution in [0.1, 0.15) is 49.7 Å². The molecule has 0 unspecified atom stereocenters. The predicted molar refractivity (Wildman–Crippen MR) is 98.5 cm³/mol. The van der Waals surface area contributed by atoms with Crippen LogP contribution in [0.3, 0.4) is 0 Å². The van der Waals surface area contributed by atoms with Crippen LogP contribution in [-0.2, 0) is 0 Å². The van der Waals surface area contributed by atoms with E-state index in [0.29, 0.717) is 5.11 Å². The molecule has 1 aromatic carbocycles. The Morgan fingerprint density at radius 2 is 1.74 bits per heavy atom. The molecule has 4 aliphatic carbocycles. The van der Waals surface area contributed by atoms with Gasteiger partial charge >= 0.3 is 0 Å². The molecule has 0 saturated heterocycles. The molecule has 3 nitrogen and oxygen atoms in total. The topological polar surface area (TPSA) is 36.4 Å². The molecule has 0 aliphatic heterocycles. The van der Waals surface area contributed by atoms with Crippen LogP contribution in [0.15, 0.2) is 29.4 Å². The van der Waals surface area contributed by atoms with E-state index in [9.17, 15) is 0 Å². The second-order valence-corrected chi connectivity index (χ2v) is 8.29. The average molecular weight is 327 g/mol. The lowest BCUT2D eigenvalue weighted by Gasteiger charge is -2.57. The van der Waals surface area contributed by atoms with Crippen molar-refractivity contribution < 1.29 is 0 Å². The standard InChI is InChI=1S/C19H25N3S/c1-13-4-2-3-5-17(13)12-20-22-18(23)21-19-9-14-6-15(10-19)8-16(7-14)11-19/h2-5,12,14-16H,6-11H2,1H3,(H2,21,22,23)/b20-12-. The van der Waals surface area contributed by atoms with E-state index in [1.165, 1.54) is 44.1 Å². The van der Waals surface area contributed by atoms with E-state index in [0.717, 1.165) is 23.3 Å². The highest BCUT2D eigenvalue weighted by Crippen LogP contribution is 2.55. The maximum absolute atomic E-state index is 5.50. The summed E-state index contributed by atoms with van der Waals surface area (Å²) in [4.78, 5) is 0. The summed E-state index contributed by atoms with van der Waals surface area (Å²) in [5.41, 5.74) is 5.61. The summed E-state index contributed by atoms with van der Waals surface area (Å²) in [5.74, 6) is 2.77. The van der Waals surface area contributed by atoms with E-state index in [1.54, 1.807) is 0 Å². The van der Waals surface area contributed by atoms with Crippen molar-refractivity contribution in [3.63, 3.8) is 0 Å². The first-order valence-electron chi connectivity index (χ1n) is 8.79. The SMILES string of the molecule is Cc1ccccc1/C=N\NC(=S)NC12CC3CC(CC(C3)C1)C2. The molecule has 0 aromatic heterocycles. The number of rotatable bonds is 3. The number of nitrogens with one attached hydrogen (secondary N) is 2. The fraction of sp³-hybridized carbons (Fsp3) is 0.579. The van der Waals surface area contributed by atoms with E-state index < -0.39 is 0 Å². The van der Waals surface area contributed by atoms with Crippen molar-refractivity contribution in [3.8, 4) is 0 Å². The molecular formula is C19H25N3S. The van der Waals surface area contributed by atoms with Crippen molar-refractivity contribution in [2.24, 2.45) is 22.9 Å². The highest BCUT2D eigenvalue weighted by molar-refractivity contribution is 7.80. The van der Waals surface area contributed by atoms with Crippen LogP contribution in [0.25, 0.3) is 0 Å². The van der Waals surface area contributed by atoms with Gasteiger partial charge in [0.2, 0.25) is 0 Å². The zero-order valence-corrected chi connectivity index (χ0v) is 14.5. The Kier molecular flexibility index (Phi) is 3.88. The maximum Gasteiger partial charge on any atom is 0.187 e. The molecule has 4 heteroatoms. The second-order valence-electron chi connectivity index (χ2n) is 7.88. The number of hydrazone groups is 1. The fourth-order valence-electron chi connectivity index (χ4n) is 5.42. The second kappa shape index (κ2) is 5.90. The minimum absolute atomic E-state index is 0.247. The van der Waals surface area contributed by atoms with Gasteiger partial charge in [-0.2, -0.15) is 5.10 Å². The lowest BCUT2D eigenvalue weighted by atomic mass is 9.53. The van der Waals surface area contributed by atoms with E-state index in [4.69, 9.17) is 12.2 Å². The van der Waals surface area contributed by atoms with Crippen LogP contribution in [0.4, 0.5) is 0 Å². The minimum Gasteiger partial charge on any atom is -0.356 e. The summed E-state index contributed by atoms with van der Waals surface area (Å²) in [6, 6.07) is 8.23. The van der Waals surface area contributed by atoms with Gasteiger partial charge in [-0.1, -0.05) is 24.3 Å². The number of hydrogen-bond donors (Lipinski definition) is 2. The van der Waals surface area contributed by atoms with Crippen molar-refractivity contribution in [1.82, 2.24) is 10.7 Å². The first-order valence-corrected chi connectivity index (χ1v) is 9.20. The van der Waals surface area contributed by atoms with Gasteiger partial charge in [0.1, 0.15) is 0 Å². The molecule has 4 fully saturated rings. The van der Waals surface area contributed by atoms with E-state index in [2.05, 4.69) is 34.9 Å². The molecular weight excluding hydrogens is 302 g/mol. The van der Waals surface area contributed by atoms with Gasteiger partial charge in [-0.25, -0.2) is 0 Å². The Hall–Kier alpha value is -1.42.